The minimum Gasteiger partial charge on any atom is -0.370 e. The molecule has 1 saturated carbocycles. The summed E-state index contributed by atoms with van der Waals surface area (Å²) in [6.07, 6.45) is 8.20. The molecule has 7 heteroatoms. The average molecular weight is 511 g/mol. The van der Waals surface area contributed by atoms with E-state index in [0.717, 1.165) is 64.1 Å². The fourth-order valence-corrected chi connectivity index (χ4v) is 4.49. The molecule has 1 heterocycles. The Morgan fingerprint density at radius 1 is 1.10 bits per heavy atom. The molecule has 0 aromatic heterocycles. The largest absolute Gasteiger partial charge is 0.370 e. The number of amides is 1. The Bertz CT molecular complexity index is 726. The molecular formula is C22H34IN5O. The monoisotopic (exact) mass is 511 g/mol. The zero-order valence-electron chi connectivity index (χ0n) is 17.2. The quantitative estimate of drug-likeness (QED) is 0.363. The SMILES string of the molecule is I.NC(=NCCN1CCN(C(=O)C2CCC2)CC1)Nc1cccc2c1CCCC2. The first-order valence-corrected chi connectivity index (χ1v) is 10.9. The van der Waals surface area contributed by atoms with Crippen LogP contribution in [0.2, 0.25) is 0 Å². The molecule has 1 saturated heterocycles. The number of nitrogens with zero attached hydrogens (tertiary/aromatic N) is 3. The van der Waals surface area contributed by atoms with Crippen molar-refractivity contribution in [1.82, 2.24) is 9.80 Å². The molecule has 2 fully saturated rings. The summed E-state index contributed by atoms with van der Waals surface area (Å²) in [7, 11) is 0. The van der Waals surface area contributed by atoms with Gasteiger partial charge in [0.25, 0.3) is 0 Å². The van der Waals surface area contributed by atoms with Gasteiger partial charge < -0.3 is 16.0 Å². The highest BCUT2D eigenvalue weighted by Gasteiger charge is 2.30. The second-order valence-electron chi connectivity index (χ2n) is 8.34. The molecule has 6 nitrogen and oxygen atoms in total. The number of carbonyl (C=O) groups excluding carboxylic acids is 1. The lowest BCUT2D eigenvalue weighted by molar-refractivity contribution is -0.139. The van der Waals surface area contributed by atoms with Gasteiger partial charge in [-0.15, -0.1) is 24.0 Å². The van der Waals surface area contributed by atoms with Crippen molar-refractivity contribution in [2.75, 3.05) is 44.6 Å². The van der Waals surface area contributed by atoms with Crippen molar-refractivity contribution in [3.05, 3.63) is 29.3 Å². The molecule has 1 aromatic rings. The number of halogens is 1. The van der Waals surface area contributed by atoms with Crippen molar-refractivity contribution in [2.45, 2.75) is 44.9 Å². The van der Waals surface area contributed by atoms with Gasteiger partial charge in [0.1, 0.15) is 0 Å². The van der Waals surface area contributed by atoms with E-state index in [4.69, 9.17) is 5.73 Å². The molecule has 4 rings (SSSR count). The third kappa shape index (κ3) is 5.63. The fraction of sp³-hybridized carbons (Fsp3) is 0.636. The highest BCUT2D eigenvalue weighted by atomic mass is 127. The minimum atomic E-state index is 0. The van der Waals surface area contributed by atoms with Gasteiger partial charge in [0.05, 0.1) is 6.54 Å². The summed E-state index contributed by atoms with van der Waals surface area (Å²) >= 11 is 0. The van der Waals surface area contributed by atoms with Crippen LogP contribution in [0.4, 0.5) is 5.69 Å². The number of hydrogen-bond donors (Lipinski definition) is 2. The van der Waals surface area contributed by atoms with Crippen molar-refractivity contribution in [3.8, 4) is 0 Å². The summed E-state index contributed by atoms with van der Waals surface area (Å²) in [6, 6.07) is 6.43. The standard InChI is InChI=1S/C22H33N5O.HI/c23-22(25-20-10-4-6-17-5-1-2-9-19(17)20)24-11-12-26-13-15-27(16-14-26)21(28)18-7-3-8-18;/h4,6,10,18H,1-3,5,7-9,11-16H2,(H3,23,24,25);1H. The summed E-state index contributed by atoms with van der Waals surface area (Å²) < 4.78 is 0. The Labute approximate surface area is 191 Å². The smallest absolute Gasteiger partial charge is 0.225 e. The third-order valence-electron chi connectivity index (χ3n) is 6.50. The van der Waals surface area contributed by atoms with Crippen molar-refractivity contribution in [2.24, 2.45) is 16.6 Å². The Morgan fingerprint density at radius 3 is 2.59 bits per heavy atom. The number of aryl methyl sites for hydroxylation is 1. The maximum absolute atomic E-state index is 12.3. The van der Waals surface area contributed by atoms with Crippen LogP contribution in [0, 0.1) is 5.92 Å². The van der Waals surface area contributed by atoms with E-state index in [-0.39, 0.29) is 24.0 Å². The molecule has 3 aliphatic rings. The summed E-state index contributed by atoms with van der Waals surface area (Å²) in [4.78, 5) is 21.3. The molecule has 1 aliphatic heterocycles. The number of anilines is 1. The zero-order chi connectivity index (χ0) is 19.3. The molecule has 0 bridgehead atoms. The van der Waals surface area contributed by atoms with Crippen LogP contribution in [0.1, 0.15) is 43.2 Å². The maximum atomic E-state index is 12.3. The van der Waals surface area contributed by atoms with Gasteiger partial charge in [0.15, 0.2) is 5.96 Å². The summed E-state index contributed by atoms with van der Waals surface area (Å²) in [6.45, 7) is 5.15. The first kappa shape index (κ1) is 22.3. The van der Waals surface area contributed by atoms with E-state index < -0.39 is 0 Å². The number of aliphatic imine (C=N–C) groups is 1. The summed E-state index contributed by atoms with van der Waals surface area (Å²) in [5.41, 5.74) is 10.1. The van der Waals surface area contributed by atoms with Crippen molar-refractivity contribution in [3.63, 3.8) is 0 Å². The Kier molecular flexibility index (Phi) is 8.17. The van der Waals surface area contributed by atoms with E-state index in [2.05, 4.69) is 38.3 Å². The van der Waals surface area contributed by atoms with E-state index in [1.54, 1.807) is 0 Å². The van der Waals surface area contributed by atoms with Gasteiger partial charge in [-0.2, -0.15) is 0 Å². The maximum Gasteiger partial charge on any atom is 0.225 e. The lowest BCUT2D eigenvalue weighted by Crippen LogP contribution is -2.51. The third-order valence-corrected chi connectivity index (χ3v) is 6.50. The van der Waals surface area contributed by atoms with E-state index >= 15 is 0 Å². The second kappa shape index (κ2) is 10.6. The molecule has 29 heavy (non-hydrogen) atoms. The first-order chi connectivity index (χ1) is 13.7. The number of guanidine groups is 1. The molecule has 0 atom stereocenters. The molecule has 1 aromatic carbocycles. The molecule has 160 valence electrons. The fourth-order valence-electron chi connectivity index (χ4n) is 4.49. The van der Waals surface area contributed by atoms with Crippen LogP contribution in [0.3, 0.4) is 0 Å². The Balaban J connectivity index is 0.00000240. The minimum absolute atomic E-state index is 0. The molecule has 1 amide bonds. The van der Waals surface area contributed by atoms with Crippen molar-refractivity contribution in [1.29, 1.82) is 0 Å². The van der Waals surface area contributed by atoms with Gasteiger partial charge in [-0.25, -0.2) is 0 Å². The second-order valence-corrected chi connectivity index (χ2v) is 8.34. The molecule has 3 N–H and O–H groups in total. The number of rotatable bonds is 5. The van der Waals surface area contributed by atoms with E-state index in [9.17, 15) is 4.79 Å². The number of nitrogens with one attached hydrogen (secondary N) is 1. The van der Waals surface area contributed by atoms with Gasteiger partial charge in [-0.3, -0.25) is 14.7 Å². The predicted molar refractivity (Wildman–Crippen MR) is 129 cm³/mol. The molecule has 0 spiro atoms. The van der Waals surface area contributed by atoms with Crippen LogP contribution < -0.4 is 11.1 Å². The number of fused-ring (bicyclic) bond motifs is 1. The van der Waals surface area contributed by atoms with Crippen LogP contribution in [0.5, 0.6) is 0 Å². The summed E-state index contributed by atoms with van der Waals surface area (Å²) in [5.74, 6) is 1.19. The van der Waals surface area contributed by atoms with Gasteiger partial charge in [-0.1, -0.05) is 18.6 Å². The van der Waals surface area contributed by atoms with Crippen LogP contribution in [-0.4, -0.2) is 60.9 Å². The van der Waals surface area contributed by atoms with Gasteiger partial charge in [-0.05, 0) is 55.7 Å². The number of hydrogen-bond acceptors (Lipinski definition) is 3. The van der Waals surface area contributed by atoms with Crippen LogP contribution >= 0.6 is 24.0 Å². The lowest BCUT2D eigenvalue weighted by atomic mass is 9.84. The van der Waals surface area contributed by atoms with Gasteiger partial charge >= 0.3 is 0 Å². The number of piperazine rings is 1. The molecular weight excluding hydrogens is 477 g/mol. The van der Waals surface area contributed by atoms with Crippen molar-refractivity contribution >= 4 is 41.5 Å². The Morgan fingerprint density at radius 2 is 1.86 bits per heavy atom. The molecule has 0 radical (unpaired) electrons. The first-order valence-electron chi connectivity index (χ1n) is 10.9. The van der Waals surface area contributed by atoms with Crippen LogP contribution in [0.15, 0.2) is 23.2 Å². The molecule has 0 unspecified atom stereocenters. The molecule has 2 aliphatic carbocycles. The van der Waals surface area contributed by atoms with Crippen LogP contribution in [-0.2, 0) is 17.6 Å². The normalized spacial score (nSPS) is 20.4. The average Bonchev–Trinajstić information content (AvgIpc) is 2.67. The van der Waals surface area contributed by atoms with Gasteiger partial charge in [0, 0.05) is 44.3 Å². The zero-order valence-corrected chi connectivity index (χ0v) is 19.6. The Hall–Kier alpha value is -1.35. The lowest BCUT2D eigenvalue weighted by Gasteiger charge is -2.38. The summed E-state index contributed by atoms with van der Waals surface area (Å²) in [5, 5.41) is 3.31. The topological polar surface area (TPSA) is 74.0 Å². The van der Waals surface area contributed by atoms with E-state index in [0.29, 0.717) is 24.3 Å². The van der Waals surface area contributed by atoms with Crippen LogP contribution in [0.25, 0.3) is 0 Å². The van der Waals surface area contributed by atoms with Crippen molar-refractivity contribution < 1.29 is 4.79 Å². The number of nitrogens with two attached hydrogens (primary N) is 1. The predicted octanol–water partition coefficient (Wildman–Crippen LogP) is 2.85. The highest BCUT2D eigenvalue weighted by Crippen LogP contribution is 2.29. The van der Waals surface area contributed by atoms with Gasteiger partial charge in [0.2, 0.25) is 5.91 Å². The van der Waals surface area contributed by atoms with E-state index in [1.165, 1.54) is 30.4 Å². The number of carbonyl (C=O) groups is 1. The highest BCUT2D eigenvalue weighted by molar-refractivity contribution is 14.0. The number of benzene rings is 1. The van der Waals surface area contributed by atoms with E-state index in [1.807, 2.05) is 0 Å².